The highest BCUT2D eigenvalue weighted by Gasteiger charge is 2.18. The molecule has 0 radical (unpaired) electrons. The molecule has 0 saturated heterocycles. The Bertz CT molecular complexity index is 893. The Morgan fingerprint density at radius 1 is 1.26 bits per heavy atom. The van der Waals surface area contributed by atoms with E-state index in [0.29, 0.717) is 10.0 Å². The van der Waals surface area contributed by atoms with Gasteiger partial charge in [-0.1, -0.05) is 28.1 Å². The zero-order valence-corrected chi connectivity index (χ0v) is 14.5. The number of nitrogens with one attached hydrogen (secondary N) is 2. The fourth-order valence-corrected chi connectivity index (χ4v) is 3.47. The number of nitrogens with zero attached hydrogens (tertiary/aromatic N) is 1. The van der Waals surface area contributed by atoms with Crippen molar-refractivity contribution in [1.29, 1.82) is 0 Å². The number of halogens is 1. The second-order valence-electron chi connectivity index (χ2n) is 4.73. The van der Waals surface area contributed by atoms with Gasteiger partial charge >= 0.3 is 0 Å². The van der Waals surface area contributed by atoms with E-state index in [9.17, 15) is 18.0 Å². The zero-order chi connectivity index (χ0) is 17.0. The van der Waals surface area contributed by atoms with Crippen molar-refractivity contribution in [2.24, 2.45) is 0 Å². The zero-order valence-electron chi connectivity index (χ0n) is 12.1. The van der Waals surface area contributed by atoms with Gasteiger partial charge in [0.25, 0.3) is 21.5 Å². The Labute approximate surface area is 141 Å². The van der Waals surface area contributed by atoms with E-state index in [0.717, 1.165) is 4.57 Å². The van der Waals surface area contributed by atoms with Gasteiger partial charge < -0.3 is 4.57 Å². The van der Waals surface area contributed by atoms with Crippen molar-refractivity contribution in [3.05, 3.63) is 63.0 Å². The lowest BCUT2D eigenvalue weighted by atomic mass is 10.2. The molecule has 0 bridgehead atoms. The number of hydrogen-bond acceptors (Lipinski definition) is 4. The van der Waals surface area contributed by atoms with E-state index >= 15 is 0 Å². The maximum Gasteiger partial charge on any atom is 0.257 e. The molecule has 0 aliphatic rings. The molecule has 1 aromatic carbocycles. The summed E-state index contributed by atoms with van der Waals surface area (Å²) in [4.78, 5) is 25.4. The molecule has 0 saturated carbocycles. The minimum Gasteiger partial charge on any atom is -0.306 e. The van der Waals surface area contributed by atoms with Gasteiger partial charge in [-0.25, -0.2) is 8.42 Å². The van der Waals surface area contributed by atoms with Gasteiger partial charge in [0, 0.05) is 16.7 Å². The van der Waals surface area contributed by atoms with Crippen LogP contribution in [-0.4, -0.2) is 18.9 Å². The molecule has 0 atom stereocenters. The second-order valence-corrected chi connectivity index (χ2v) is 7.30. The number of carbonyl (C=O) groups excluding carboxylic acids is 1. The first-order valence-electron chi connectivity index (χ1n) is 6.52. The van der Waals surface area contributed by atoms with Gasteiger partial charge in [0.2, 0.25) is 0 Å². The van der Waals surface area contributed by atoms with Crippen molar-refractivity contribution in [3.8, 4) is 0 Å². The molecule has 0 fully saturated rings. The van der Waals surface area contributed by atoms with Gasteiger partial charge in [0.05, 0.1) is 4.90 Å². The second kappa shape index (κ2) is 7.07. The molecule has 0 aliphatic heterocycles. The monoisotopic (exact) mass is 399 g/mol. The fourth-order valence-electron chi connectivity index (χ4n) is 1.83. The third kappa shape index (κ3) is 4.50. The first-order valence-corrected chi connectivity index (χ1v) is 8.79. The molecule has 122 valence electrons. The van der Waals surface area contributed by atoms with E-state index in [1.54, 1.807) is 31.2 Å². The van der Waals surface area contributed by atoms with E-state index in [4.69, 9.17) is 0 Å². The van der Waals surface area contributed by atoms with Crippen LogP contribution < -0.4 is 15.8 Å². The molecule has 1 heterocycles. The third-order valence-electron chi connectivity index (χ3n) is 2.98. The van der Waals surface area contributed by atoms with Crippen molar-refractivity contribution in [2.45, 2.75) is 18.4 Å². The van der Waals surface area contributed by atoms with E-state index < -0.39 is 15.9 Å². The lowest BCUT2D eigenvalue weighted by Gasteiger charge is -2.11. The summed E-state index contributed by atoms with van der Waals surface area (Å²) in [6.07, 6.45) is 1.44. The van der Waals surface area contributed by atoms with Crippen LogP contribution in [-0.2, 0) is 21.4 Å². The van der Waals surface area contributed by atoms with Gasteiger partial charge in [0.1, 0.15) is 6.54 Å². The van der Waals surface area contributed by atoms with Crippen LogP contribution >= 0.6 is 15.9 Å². The third-order valence-corrected chi connectivity index (χ3v) is 4.86. The van der Waals surface area contributed by atoms with Crippen LogP contribution in [0.2, 0.25) is 0 Å². The van der Waals surface area contributed by atoms with Crippen LogP contribution in [0.5, 0.6) is 0 Å². The lowest BCUT2D eigenvalue weighted by molar-refractivity contribution is -0.122. The Morgan fingerprint density at radius 3 is 2.70 bits per heavy atom. The molecule has 2 aromatic rings. The van der Waals surface area contributed by atoms with Crippen LogP contribution in [0.4, 0.5) is 0 Å². The first-order chi connectivity index (χ1) is 10.8. The Balaban J connectivity index is 2.07. The average Bonchev–Trinajstić information content (AvgIpc) is 2.50. The largest absolute Gasteiger partial charge is 0.306 e. The van der Waals surface area contributed by atoms with Crippen molar-refractivity contribution >= 4 is 31.9 Å². The maximum atomic E-state index is 12.2. The molecular formula is C14H14BrN3O4S. The summed E-state index contributed by atoms with van der Waals surface area (Å²) in [7, 11) is -3.91. The van der Waals surface area contributed by atoms with E-state index in [-0.39, 0.29) is 17.0 Å². The molecule has 0 aliphatic carbocycles. The standard InChI is InChI=1S/C14H14BrN3O4S/c1-10-5-6-11(15)8-12(10)23(21,22)17-16-13(19)9-18-7-3-2-4-14(18)20/h2-8,17H,9H2,1H3,(H,16,19). The molecule has 9 heteroatoms. The van der Waals surface area contributed by atoms with E-state index in [2.05, 4.69) is 21.4 Å². The summed E-state index contributed by atoms with van der Waals surface area (Å²) >= 11 is 3.20. The van der Waals surface area contributed by atoms with Gasteiger partial charge in [0.15, 0.2) is 0 Å². The van der Waals surface area contributed by atoms with Crippen molar-refractivity contribution < 1.29 is 13.2 Å². The number of carbonyl (C=O) groups is 1. The first kappa shape index (κ1) is 17.4. The minimum absolute atomic E-state index is 0.0454. The number of sulfonamides is 1. The molecule has 1 amide bonds. The SMILES string of the molecule is Cc1ccc(Br)cc1S(=O)(=O)NNC(=O)Cn1ccccc1=O. The highest BCUT2D eigenvalue weighted by atomic mass is 79.9. The predicted octanol–water partition coefficient (Wildman–Crippen LogP) is 0.929. The smallest absolute Gasteiger partial charge is 0.257 e. The maximum absolute atomic E-state index is 12.2. The Kier molecular flexibility index (Phi) is 5.34. The number of hydrazine groups is 1. The summed E-state index contributed by atoms with van der Waals surface area (Å²) in [6.45, 7) is 1.35. The summed E-state index contributed by atoms with van der Waals surface area (Å²) in [5, 5.41) is 0. The molecule has 23 heavy (non-hydrogen) atoms. The van der Waals surface area contributed by atoms with Crippen molar-refractivity contribution in [2.75, 3.05) is 0 Å². The molecule has 0 spiro atoms. The summed E-state index contributed by atoms with van der Waals surface area (Å²) in [5.41, 5.74) is 2.27. The van der Waals surface area contributed by atoms with Crippen LogP contribution in [0.25, 0.3) is 0 Å². The minimum atomic E-state index is -3.91. The van der Waals surface area contributed by atoms with Gasteiger partial charge in [-0.05, 0) is 30.7 Å². The lowest BCUT2D eigenvalue weighted by Crippen LogP contribution is -2.44. The number of benzene rings is 1. The number of aryl methyl sites for hydroxylation is 1. The topological polar surface area (TPSA) is 97.3 Å². The van der Waals surface area contributed by atoms with Crippen LogP contribution in [0.3, 0.4) is 0 Å². The summed E-state index contributed by atoms with van der Waals surface area (Å²) in [6, 6.07) is 9.26. The predicted molar refractivity (Wildman–Crippen MR) is 88.0 cm³/mol. The van der Waals surface area contributed by atoms with Gasteiger partial charge in [-0.3, -0.25) is 15.0 Å². The van der Waals surface area contributed by atoms with Crippen molar-refractivity contribution in [3.63, 3.8) is 0 Å². The van der Waals surface area contributed by atoms with E-state index in [1.165, 1.54) is 18.3 Å². The quantitative estimate of drug-likeness (QED) is 0.730. The molecule has 7 nitrogen and oxygen atoms in total. The van der Waals surface area contributed by atoms with Crippen molar-refractivity contribution in [1.82, 2.24) is 14.8 Å². The van der Waals surface area contributed by atoms with Crippen LogP contribution in [0, 0.1) is 6.92 Å². The number of hydrogen-bond donors (Lipinski definition) is 2. The number of rotatable bonds is 5. The fraction of sp³-hybridized carbons (Fsp3) is 0.143. The normalized spacial score (nSPS) is 11.2. The van der Waals surface area contributed by atoms with Crippen LogP contribution in [0.1, 0.15) is 5.56 Å². The number of aromatic nitrogens is 1. The highest BCUT2D eigenvalue weighted by Crippen LogP contribution is 2.19. The molecule has 2 rings (SSSR count). The molecular weight excluding hydrogens is 386 g/mol. The molecule has 1 aromatic heterocycles. The molecule has 2 N–H and O–H groups in total. The average molecular weight is 400 g/mol. The number of amides is 1. The highest BCUT2D eigenvalue weighted by molar-refractivity contribution is 9.10. The summed E-state index contributed by atoms with van der Waals surface area (Å²) < 4.78 is 26.2. The van der Waals surface area contributed by atoms with Gasteiger partial charge in [-0.2, -0.15) is 0 Å². The summed E-state index contributed by atoms with van der Waals surface area (Å²) in [5.74, 6) is -0.658. The van der Waals surface area contributed by atoms with Gasteiger partial charge in [-0.15, -0.1) is 4.83 Å². The van der Waals surface area contributed by atoms with E-state index in [1.807, 2.05) is 4.83 Å². The Morgan fingerprint density at radius 2 is 2.00 bits per heavy atom. The van der Waals surface area contributed by atoms with Crippen LogP contribution in [0.15, 0.2) is 56.8 Å². The number of pyridine rings is 1. The Hall–Kier alpha value is -1.97. The molecule has 0 unspecified atom stereocenters.